The van der Waals surface area contributed by atoms with Crippen molar-refractivity contribution in [1.29, 1.82) is 0 Å². The Bertz CT molecular complexity index is 1290. The lowest BCUT2D eigenvalue weighted by Crippen LogP contribution is -2.31. The Morgan fingerprint density at radius 3 is 2.85 bits per heavy atom. The van der Waals surface area contributed by atoms with E-state index in [1.165, 1.54) is 16.8 Å². The monoisotopic (exact) mass is 450 g/mol. The van der Waals surface area contributed by atoms with Crippen LogP contribution in [0, 0.1) is 0 Å². The molecule has 11 heteroatoms. The van der Waals surface area contributed by atoms with Crippen LogP contribution in [0.5, 0.6) is 0 Å². The van der Waals surface area contributed by atoms with E-state index >= 15 is 0 Å². The number of carbonyl (C=O) groups excluding carboxylic acids is 1. The lowest BCUT2D eigenvalue weighted by molar-refractivity contribution is 0.0738. The number of methoxy groups -OCH3 is 1. The molecule has 5 rings (SSSR count). The van der Waals surface area contributed by atoms with Crippen molar-refractivity contribution in [2.75, 3.05) is 19.5 Å². The van der Waals surface area contributed by atoms with E-state index < -0.39 is 0 Å². The third-order valence-corrected chi connectivity index (χ3v) is 6.35. The molecule has 0 bridgehead atoms. The van der Waals surface area contributed by atoms with Crippen LogP contribution in [-0.2, 0) is 4.74 Å². The lowest BCUT2D eigenvalue weighted by Gasteiger charge is -2.21. The molecule has 2 atom stereocenters. The highest BCUT2D eigenvalue weighted by Crippen LogP contribution is 2.32. The number of nitrogens with zero attached hydrogens (tertiary/aromatic N) is 6. The number of pyridine rings is 1. The van der Waals surface area contributed by atoms with Crippen LogP contribution in [0.25, 0.3) is 11.2 Å². The van der Waals surface area contributed by atoms with Crippen LogP contribution in [0.15, 0.2) is 35.4 Å². The largest absolute Gasteiger partial charge is 0.606 e. The van der Waals surface area contributed by atoms with Crippen molar-refractivity contribution >= 4 is 28.9 Å². The Morgan fingerprint density at radius 2 is 2.12 bits per heavy atom. The number of rotatable bonds is 7. The minimum absolute atomic E-state index is 0.0465. The molecule has 2 aliphatic carbocycles. The molecular weight excluding hydrogens is 424 g/mol. The highest BCUT2D eigenvalue weighted by atomic mass is 16.5. The van der Waals surface area contributed by atoms with Gasteiger partial charge in [0.05, 0.1) is 24.4 Å². The fourth-order valence-corrected chi connectivity index (χ4v) is 4.43. The zero-order valence-electron chi connectivity index (χ0n) is 18.6. The van der Waals surface area contributed by atoms with Crippen LogP contribution in [0.1, 0.15) is 48.5 Å². The van der Waals surface area contributed by atoms with E-state index in [1.54, 1.807) is 37.1 Å². The van der Waals surface area contributed by atoms with Crippen molar-refractivity contribution < 1.29 is 9.53 Å². The molecule has 33 heavy (non-hydrogen) atoms. The van der Waals surface area contributed by atoms with Crippen LogP contribution < -0.4 is 20.9 Å². The molecule has 0 saturated heterocycles. The average Bonchev–Trinajstić information content (AvgIpc) is 3.34. The van der Waals surface area contributed by atoms with E-state index in [2.05, 4.69) is 20.7 Å². The molecule has 3 aromatic rings. The number of aromatic nitrogens is 4. The minimum atomic E-state index is -0.346. The second kappa shape index (κ2) is 8.39. The Kier molecular flexibility index (Phi) is 5.41. The van der Waals surface area contributed by atoms with Gasteiger partial charge in [0.2, 0.25) is 0 Å². The van der Waals surface area contributed by atoms with Crippen molar-refractivity contribution in [2.24, 2.45) is 0 Å². The van der Waals surface area contributed by atoms with Gasteiger partial charge in [-0.25, -0.2) is 0 Å². The van der Waals surface area contributed by atoms with Gasteiger partial charge in [0.1, 0.15) is 11.4 Å². The molecule has 2 saturated carbocycles. The van der Waals surface area contributed by atoms with E-state index in [9.17, 15) is 15.1 Å². The predicted octanol–water partition coefficient (Wildman–Crippen LogP) is 2.42. The van der Waals surface area contributed by atoms with Crippen LogP contribution >= 0.6 is 0 Å². The van der Waals surface area contributed by atoms with Gasteiger partial charge in [-0.1, -0.05) is 0 Å². The first-order chi connectivity index (χ1) is 16.0. The fourth-order valence-electron chi connectivity index (χ4n) is 4.43. The van der Waals surface area contributed by atoms with Crippen molar-refractivity contribution in [2.45, 2.75) is 50.3 Å². The molecule has 172 valence electrons. The zero-order valence-corrected chi connectivity index (χ0v) is 18.6. The summed E-state index contributed by atoms with van der Waals surface area (Å²) in [5.41, 5.74) is 11.3. The van der Waals surface area contributed by atoms with Gasteiger partial charge in [-0.2, -0.15) is 9.61 Å². The summed E-state index contributed by atoms with van der Waals surface area (Å²) in [6.45, 7) is 0. The maximum atomic E-state index is 13.3. The molecule has 0 aromatic carbocycles. The molecule has 3 aromatic heterocycles. The van der Waals surface area contributed by atoms with E-state index in [-0.39, 0.29) is 46.8 Å². The number of hydrogen-bond donors (Lipinski definition) is 2. The number of anilines is 1. The molecule has 2 fully saturated rings. The topological polar surface area (TPSA) is 128 Å². The first-order valence-electron chi connectivity index (χ1n) is 11.1. The average molecular weight is 451 g/mol. The second-order valence-electron chi connectivity index (χ2n) is 8.48. The second-order valence-corrected chi connectivity index (χ2v) is 8.48. The Morgan fingerprint density at radius 1 is 1.30 bits per heavy atom. The van der Waals surface area contributed by atoms with E-state index in [4.69, 9.17) is 4.74 Å². The van der Waals surface area contributed by atoms with Gasteiger partial charge in [0.15, 0.2) is 5.69 Å². The van der Waals surface area contributed by atoms with Gasteiger partial charge in [-0.15, -0.1) is 0 Å². The quantitative estimate of drug-likeness (QED) is 0.420. The van der Waals surface area contributed by atoms with Gasteiger partial charge in [-0.3, -0.25) is 14.3 Å². The first-order valence-corrected chi connectivity index (χ1v) is 11.1. The SMILES string of the molecule is CNc1cc([N+](=[N-])c2cccn([C@H]3CCC[C@@H]3OC)c2=O)nc2c(C(=O)NC3CC3)cnn12. The van der Waals surface area contributed by atoms with E-state index in [1.807, 2.05) is 0 Å². The number of fused-ring (bicyclic) bond motifs is 1. The Hall–Kier alpha value is -3.60. The molecule has 2 aliphatic rings. The minimum Gasteiger partial charge on any atom is -0.606 e. The number of carbonyl (C=O) groups is 1. The Balaban J connectivity index is 1.55. The third kappa shape index (κ3) is 3.78. The standard InChI is InChI=1S/C22H26N8O3/c1-24-18-11-19(27-20-14(12-25-30(18)20)21(31)26-13-8-9-13)29(23)16-6-4-10-28(22(16)32)15-5-3-7-17(15)33-2/h4,6,10-13,15,17,24H,3,5,7-9H2,1-2H3,(H,26,31)/t15-,17-/m0/s1. The summed E-state index contributed by atoms with van der Waals surface area (Å²) in [5, 5.41) is 10.2. The summed E-state index contributed by atoms with van der Waals surface area (Å²) in [7, 11) is 3.35. The maximum Gasteiger partial charge on any atom is 0.319 e. The van der Waals surface area contributed by atoms with Crippen LogP contribution in [0.3, 0.4) is 0 Å². The smallest absolute Gasteiger partial charge is 0.319 e. The normalized spacial score (nSPS) is 20.2. The summed E-state index contributed by atoms with van der Waals surface area (Å²) in [6, 6.07) is 4.91. The molecule has 11 nitrogen and oxygen atoms in total. The van der Waals surface area contributed by atoms with Gasteiger partial charge >= 0.3 is 5.82 Å². The molecule has 1 amide bonds. The van der Waals surface area contributed by atoms with Gasteiger partial charge in [0.25, 0.3) is 17.1 Å². The van der Waals surface area contributed by atoms with Crippen molar-refractivity contribution in [1.82, 2.24) is 29.2 Å². The lowest BCUT2D eigenvalue weighted by atomic mass is 10.2. The van der Waals surface area contributed by atoms with E-state index in [0.29, 0.717) is 11.4 Å². The Labute approximate surface area is 189 Å². The number of hydrogen-bond acceptors (Lipinski definition) is 6. The van der Waals surface area contributed by atoms with Gasteiger partial charge in [-0.05, 0) is 49.2 Å². The van der Waals surface area contributed by atoms with Crippen molar-refractivity contribution in [3.63, 3.8) is 0 Å². The molecule has 3 heterocycles. The first kappa shape index (κ1) is 21.3. The molecule has 2 N–H and O–H groups in total. The number of nitrogens with one attached hydrogen (secondary N) is 2. The zero-order chi connectivity index (χ0) is 23.1. The highest BCUT2D eigenvalue weighted by Gasteiger charge is 2.31. The summed E-state index contributed by atoms with van der Waals surface area (Å²) < 4.78 is 9.41. The van der Waals surface area contributed by atoms with Crippen molar-refractivity contribution in [3.8, 4) is 0 Å². The van der Waals surface area contributed by atoms with Crippen LogP contribution in [0.4, 0.5) is 17.3 Å². The fraction of sp³-hybridized carbons (Fsp3) is 0.455. The molecular formula is C22H26N8O3. The van der Waals surface area contributed by atoms with Crippen LogP contribution in [-0.4, -0.2) is 51.4 Å². The molecule has 0 unspecified atom stereocenters. The highest BCUT2D eigenvalue weighted by molar-refractivity contribution is 6.00. The van der Waals surface area contributed by atoms with Crippen molar-refractivity contribution in [3.05, 3.63) is 52.0 Å². The summed E-state index contributed by atoms with van der Waals surface area (Å²) in [5.74, 6) is 0.334. The van der Waals surface area contributed by atoms with Crippen LogP contribution in [0.2, 0.25) is 0 Å². The summed E-state index contributed by atoms with van der Waals surface area (Å²) in [4.78, 5) is 30.4. The molecule has 0 aliphatic heterocycles. The maximum absolute atomic E-state index is 13.3. The predicted molar refractivity (Wildman–Crippen MR) is 122 cm³/mol. The molecule has 0 radical (unpaired) electrons. The summed E-state index contributed by atoms with van der Waals surface area (Å²) in [6.07, 6.45) is 7.73. The molecule has 0 spiro atoms. The van der Waals surface area contributed by atoms with Gasteiger partial charge in [0, 0.05) is 26.4 Å². The third-order valence-electron chi connectivity index (χ3n) is 6.35. The van der Waals surface area contributed by atoms with E-state index in [0.717, 1.165) is 36.8 Å². The summed E-state index contributed by atoms with van der Waals surface area (Å²) >= 11 is 0. The number of ether oxygens (including phenoxy) is 1. The van der Waals surface area contributed by atoms with Gasteiger partial charge < -0.3 is 25.5 Å². The number of amides is 1.